The van der Waals surface area contributed by atoms with Crippen LogP contribution in [0.5, 0.6) is 5.88 Å². The second-order valence-electron chi connectivity index (χ2n) is 3.04. The van der Waals surface area contributed by atoms with E-state index in [1.54, 1.807) is 25.6 Å². The first-order chi connectivity index (χ1) is 7.78. The molecule has 6 nitrogen and oxygen atoms in total. The number of aromatic nitrogens is 3. The summed E-state index contributed by atoms with van der Waals surface area (Å²) in [5.74, 6) is 1.50. The lowest BCUT2D eigenvalue weighted by Gasteiger charge is -2.05. The summed E-state index contributed by atoms with van der Waals surface area (Å²) in [4.78, 5) is 12.0. The summed E-state index contributed by atoms with van der Waals surface area (Å²) in [5, 5.41) is 3.02. The lowest BCUT2D eigenvalue weighted by atomic mass is 10.4. The molecule has 2 aromatic rings. The van der Waals surface area contributed by atoms with Crippen LogP contribution < -0.4 is 15.8 Å². The second kappa shape index (κ2) is 4.43. The third kappa shape index (κ3) is 2.35. The molecule has 0 amide bonds. The lowest BCUT2D eigenvalue weighted by molar-refractivity contribution is 0.398. The highest BCUT2D eigenvalue weighted by Gasteiger charge is 1.98. The zero-order chi connectivity index (χ0) is 11.4. The standard InChI is InChI=1S/C10H11N5O/c1-16-10-3-2-7(4-13-10)14-9-6-12-5-8(11)15-9/h2-6H,1H3,(H3,11,14,15). The fourth-order valence-electron chi connectivity index (χ4n) is 1.16. The number of nitrogens with one attached hydrogen (secondary N) is 1. The molecule has 0 unspecified atom stereocenters. The number of hydrogen-bond donors (Lipinski definition) is 2. The van der Waals surface area contributed by atoms with Gasteiger partial charge in [-0.2, -0.15) is 0 Å². The highest BCUT2D eigenvalue weighted by atomic mass is 16.5. The first kappa shape index (κ1) is 10.2. The van der Waals surface area contributed by atoms with Gasteiger partial charge in [0.1, 0.15) is 5.82 Å². The Balaban J connectivity index is 2.14. The van der Waals surface area contributed by atoms with Crippen molar-refractivity contribution in [2.24, 2.45) is 0 Å². The summed E-state index contributed by atoms with van der Waals surface area (Å²) < 4.78 is 4.95. The molecule has 0 fully saturated rings. The molecule has 6 heteroatoms. The highest BCUT2D eigenvalue weighted by molar-refractivity contribution is 5.55. The van der Waals surface area contributed by atoms with Gasteiger partial charge in [-0.25, -0.2) is 9.97 Å². The highest BCUT2D eigenvalue weighted by Crippen LogP contribution is 2.15. The number of nitrogens with two attached hydrogens (primary N) is 1. The molecule has 0 aliphatic heterocycles. The van der Waals surface area contributed by atoms with Crippen molar-refractivity contribution < 1.29 is 4.74 Å². The maximum atomic E-state index is 5.51. The van der Waals surface area contributed by atoms with Crippen molar-refractivity contribution in [1.82, 2.24) is 15.0 Å². The Hall–Kier alpha value is -2.37. The van der Waals surface area contributed by atoms with Crippen molar-refractivity contribution in [1.29, 1.82) is 0 Å². The molecular weight excluding hydrogens is 206 g/mol. The Kier molecular flexibility index (Phi) is 2.81. The summed E-state index contributed by atoms with van der Waals surface area (Å²) in [6, 6.07) is 3.58. The SMILES string of the molecule is COc1ccc(Nc2cncc(N)n2)cn1. The number of ether oxygens (including phenoxy) is 1. The van der Waals surface area contributed by atoms with E-state index >= 15 is 0 Å². The third-order valence-electron chi connectivity index (χ3n) is 1.87. The van der Waals surface area contributed by atoms with E-state index in [0.717, 1.165) is 5.69 Å². The predicted molar refractivity (Wildman–Crippen MR) is 60.5 cm³/mol. The van der Waals surface area contributed by atoms with Gasteiger partial charge in [0.2, 0.25) is 5.88 Å². The second-order valence-corrected chi connectivity index (χ2v) is 3.04. The summed E-state index contributed by atoms with van der Waals surface area (Å²) in [5.41, 5.74) is 6.30. The van der Waals surface area contributed by atoms with Crippen LogP contribution in [0, 0.1) is 0 Å². The molecule has 0 aliphatic carbocycles. The van der Waals surface area contributed by atoms with E-state index < -0.39 is 0 Å². The molecule has 0 saturated carbocycles. The molecule has 16 heavy (non-hydrogen) atoms. The van der Waals surface area contributed by atoms with Gasteiger partial charge in [0.15, 0.2) is 5.82 Å². The molecule has 2 heterocycles. The van der Waals surface area contributed by atoms with Crippen molar-refractivity contribution in [3.05, 3.63) is 30.7 Å². The fraction of sp³-hybridized carbons (Fsp3) is 0.100. The molecule has 0 spiro atoms. The third-order valence-corrected chi connectivity index (χ3v) is 1.87. The minimum Gasteiger partial charge on any atom is -0.481 e. The summed E-state index contributed by atoms with van der Waals surface area (Å²) in [6.07, 6.45) is 4.71. The number of methoxy groups -OCH3 is 1. The number of pyridine rings is 1. The predicted octanol–water partition coefficient (Wildman–Crippen LogP) is 1.21. The molecule has 2 rings (SSSR count). The number of nitrogens with zero attached hydrogens (tertiary/aromatic N) is 3. The molecule has 82 valence electrons. The van der Waals surface area contributed by atoms with Crippen LogP contribution in [0.3, 0.4) is 0 Å². The van der Waals surface area contributed by atoms with Crippen LogP contribution in [0.1, 0.15) is 0 Å². The minimum absolute atomic E-state index is 0.367. The van der Waals surface area contributed by atoms with E-state index in [4.69, 9.17) is 10.5 Å². The van der Waals surface area contributed by atoms with Gasteiger partial charge in [-0.15, -0.1) is 0 Å². The van der Waals surface area contributed by atoms with Gasteiger partial charge in [0.05, 0.1) is 31.4 Å². The summed E-state index contributed by atoms with van der Waals surface area (Å²) in [6.45, 7) is 0. The molecule has 0 atom stereocenters. The maximum Gasteiger partial charge on any atom is 0.213 e. The molecule has 0 aromatic carbocycles. The van der Waals surface area contributed by atoms with Crippen LogP contribution in [-0.2, 0) is 0 Å². The van der Waals surface area contributed by atoms with E-state index in [9.17, 15) is 0 Å². The largest absolute Gasteiger partial charge is 0.481 e. The van der Waals surface area contributed by atoms with Crippen molar-refractivity contribution in [2.45, 2.75) is 0 Å². The first-order valence-electron chi connectivity index (χ1n) is 4.62. The number of anilines is 3. The van der Waals surface area contributed by atoms with Crippen LogP contribution in [0.2, 0.25) is 0 Å². The van der Waals surface area contributed by atoms with E-state index in [2.05, 4.69) is 20.3 Å². The van der Waals surface area contributed by atoms with Crippen LogP contribution in [0.4, 0.5) is 17.3 Å². The Morgan fingerprint density at radius 2 is 2.12 bits per heavy atom. The Bertz CT molecular complexity index is 471. The van der Waals surface area contributed by atoms with Crippen LogP contribution >= 0.6 is 0 Å². The minimum atomic E-state index is 0.367. The van der Waals surface area contributed by atoms with Gasteiger partial charge in [-0.3, -0.25) is 4.98 Å². The van der Waals surface area contributed by atoms with Gasteiger partial charge in [-0.1, -0.05) is 0 Å². The molecule has 2 aromatic heterocycles. The monoisotopic (exact) mass is 217 g/mol. The van der Waals surface area contributed by atoms with E-state index in [1.807, 2.05) is 6.07 Å². The van der Waals surface area contributed by atoms with Crippen LogP contribution in [-0.4, -0.2) is 22.1 Å². The zero-order valence-electron chi connectivity index (χ0n) is 8.71. The quantitative estimate of drug-likeness (QED) is 0.803. The van der Waals surface area contributed by atoms with Crippen molar-refractivity contribution >= 4 is 17.3 Å². The fourth-order valence-corrected chi connectivity index (χ4v) is 1.16. The van der Waals surface area contributed by atoms with E-state index in [1.165, 1.54) is 6.20 Å². The lowest BCUT2D eigenvalue weighted by Crippen LogP contribution is -1.98. The first-order valence-corrected chi connectivity index (χ1v) is 4.62. The Morgan fingerprint density at radius 1 is 1.25 bits per heavy atom. The van der Waals surface area contributed by atoms with Crippen molar-refractivity contribution in [3.8, 4) is 5.88 Å². The number of hydrogen-bond acceptors (Lipinski definition) is 6. The van der Waals surface area contributed by atoms with Gasteiger partial charge in [-0.05, 0) is 6.07 Å². The number of nitrogen functional groups attached to an aromatic ring is 1. The van der Waals surface area contributed by atoms with Crippen LogP contribution in [0.25, 0.3) is 0 Å². The normalized spacial score (nSPS) is 9.81. The average Bonchev–Trinajstić information content (AvgIpc) is 2.30. The Morgan fingerprint density at radius 3 is 2.75 bits per heavy atom. The molecular formula is C10H11N5O. The van der Waals surface area contributed by atoms with E-state index in [-0.39, 0.29) is 0 Å². The van der Waals surface area contributed by atoms with Crippen molar-refractivity contribution in [2.75, 3.05) is 18.2 Å². The van der Waals surface area contributed by atoms with Gasteiger partial charge in [0, 0.05) is 6.07 Å². The molecule has 0 aliphatic rings. The molecule has 0 saturated heterocycles. The molecule has 0 bridgehead atoms. The average molecular weight is 217 g/mol. The molecule has 0 radical (unpaired) electrons. The molecule has 3 N–H and O–H groups in total. The van der Waals surface area contributed by atoms with Crippen molar-refractivity contribution in [3.63, 3.8) is 0 Å². The van der Waals surface area contributed by atoms with E-state index in [0.29, 0.717) is 17.5 Å². The Labute approximate surface area is 92.5 Å². The van der Waals surface area contributed by atoms with Gasteiger partial charge in [0.25, 0.3) is 0 Å². The number of rotatable bonds is 3. The topological polar surface area (TPSA) is 86.0 Å². The van der Waals surface area contributed by atoms with Crippen LogP contribution in [0.15, 0.2) is 30.7 Å². The van der Waals surface area contributed by atoms with Gasteiger partial charge >= 0.3 is 0 Å². The smallest absolute Gasteiger partial charge is 0.213 e. The zero-order valence-corrected chi connectivity index (χ0v) is 8.71. The van der Waals surface area contributed by atoms with Gasteiger partial charge < -0.3 is 15.8 Å². The summed E-state index contributed by atoms with van der Waals surface area (Å²) in [7, 11) is 1.57. The summed E-state index contributed by atoms with van der Waals surface area (Å²) >= 11 is 0. The maximum absolute atomic E-state index is 5.51.